The van der Waals surface area contributed by atoms with Crippen LogP contribution in [0.3, 0.4) is 0 Å². The largest absolute Gasteiger partial charge is 0.508 e. The van der Waals surface area contributed by atoms with Gasteiger partial charge in [-0.05, 0) is 37.8 Å². The van der Waals surface area contributed by atoms with Crippen molar-refractivity contribution in [3.05, 3.63) is 48.0 Å². The van der Waals surface area contributed by atoms with Crippen LogP contribution in [0.15, 0.2) is 42.5 Å². The molecule has 0 atom stereocenters. The first-order valence-electron chi connectivity index (χ1n) is 12.3. The number of fused-ring (bicyclic) bond motifs is 1. The smallest absolute Gasteiger partial charge is 0.256 e. The van der Waals surface area contributed by atoms with E-state index in [2.05, 4.69) is 20.7 Å². The SMILES string of the molecule is COc1cc(Nc2nc(NC3(N)CCCCC3)n3nc(-c4cccc(O)c4)nc3c2C(N)=O)cc(OC)c1. The topological polar surface area (TPSA) is 175 Å². The van der Waals surface area contributed by atoms with E-state index in [1.54, 1.807) is 50.6 Å². The van der Waals surface area contributed by atoms with Crippen LogP contribution in [0.2, 0.25) is 0 Å². The zero-order valence-electron chi connectivity index (χ0n) is 21.2. The number of hydrogen-bond acceptors (Lipinski definition) is 10. The molecule has 0 unspecified atom stereocenters. The average Bonchev–Trinajstić information content (AvgIpc) is 3.34. The molecule has 1 aliphatic carbocycles. The highest BCUT2D eigenvalue weighted by molar-refractivity contribution is 6.04. The zero-order chi connectivity index (χ0) is 26.9. The molecule has 1 amide bonds. The minimum absolute atomic E-state index is 0.0333. The Labute approximate surface area is 219 Å². The van der Waals surface area contributed by atoms with Gasteiger partial charge >= 0.3 is 0 Å². The van der Waals surface area contributed by atoms with E-state index in [1.807, 2.05) is 0 Å². The molecule has 0 bridgehead atoms. The maximum atomic E-state index is 12.8. The van der Waals surface area contributed by atoms with E-state index in [1.165, 1.54) is 10.6 Å². The zero-order valence-corrected chi connectivity index (χ0v) is 21.2. The van der Waals surface area contributed by atoms with Gasteiger partial charge in [-0.2, -0.15) is 9.50 Å². The number of carbonyl (C=O) groups is 1. The Bertz CT molecular complexity index is 1470. The molecule has 0 aliphatic heterocycles. The lowest BCUT2D eigenvalue weighted by molar-refractivity contribution is 0.100. The molecule has 2 aromatic heterocycles. The van der Waals surface area contributed by atoms with Crippen molar-refractivity contribution in [1.82, 2.24) is 19.6 Å². The third-order valence-electron chi connectivity index (χ3n) is 6.56. The Kier molecular flexibility index (Phi) is 6.64. The molecule has 5 rings (SSSR count). The van der Waals surface area contributed by atoms with Crippen LogP contribution in [-0.4, -0.2) is 50.5 Å². The summed E-state index contributed by atoms with van der Waals surface area (Å²) in [6.45, 7) is 0. The molecule has 4 aromatic rings. The molecular weight excluding hydrogens is 488 g/mol. The first kappa shape index (κ1) is 25.1. The van der Waals surface area contributed by atoms with Crippen LogP contribution in [0.1, 0.15) is 42.5 Å². The molecule has 12 nitrogen and oxygen atoms in total. The number of anilines is 3. The summed E-state index contributed by atoms with van der Waals surface area (Å²) in [5.74, 6) is 1.14. The number of amides is 1. The first-order chi connectivity index (χ1) is 18.3. The molecule has 38 heavy (non-hydrogen) atoms. The van der Waals surface area contributed by atoms with Crippen LogP contribution < -0.4 is 31.6 Å². The molecule has 0 spiro atoms. The van der Waals surface area contributed by atoms with Gasteiger partial charge in [-0.3, -0.25) is 4.79 Å². The summed E-state index contributed by atoms with van der Waals surface area (Å²) >= 11 is 0. The number of phenolic OH excluding ortho intramolecular Hbond substituents is 1. The van der Waals surface area contributed by atoms with Crippen molar-refractivity contribution in [2.45, 2.75) is 37.8 Å². The van der Waals surface area contributed by atoms with E-state index in [-0.39, 0.29) is 28.6 Å². The highest BCUT2D eigenvalue weighted by Crippen LogP contribution is 2.33. The maximum absolute atomic E-state index is 12.8. The van der Waals surface area contributed by atoms with Gasteiger partial charge in [0.1, 0.15) is 22.8 Å². The number of aromatic hydroxyl groups is 1. The number of phenols is 1. The number of rotatable bonds is 8. The van der Waals surface area contributed by atoms with Crippen molar-refractivity contribution >= 4 is 29.0 Å². The van der Waals surface area contributed by atoms with Gasteiger partial charge in [-0.25, -0.2) is 4.98 Å². The van der Waals surface area contributed by atoms with Gasteiger partial charge in [-0.15, -0.1) is 5.10 Å². The molecule has 2 heterocycles. The lowest BCUT2D eigenvalue weighted by Gasteiger charge is -2.34. The van der Waals surface area contributed by atoms with Crippen LogP contribution in [0, 0.1) is 0 Å². The number of nitrogens with two attached hydrogens (primary N) is 2. The molecule has 198 valence electrons. The van der Waals surface area contributed by atoms with Gasteiger partial charge < -0.3 is 36.7 Å². The summed E-state index contributed by atoms with van der Waals surface area (Å²) in [6.07, 6.45) is 4.56. The monoisotopic (exact) mass is 518 g/mol. The number of ether oxygens (including phenoxy) is 2. The van der Waals surface area contributed by atoms with Gasteiger partial charge in [-0.1, -0.05) is 18.6 Å². The fraction of sp³-hybridized carbons (Fsp3) is 0.308. The van der Waals surface area contributed by atoms with Crippen LogP contribution in [-0.2, 0) is 0 Å². The number of primary amides is 1. The summed E-state index contributed by atoms with van der Waals surface area (Å²) < 4.78 is 12.2. The second-order valence-electron chi connectivity index (χ2n) is 9.31. The normalized spacial score (nSPS) is 14.7. The third kappa shape index (κ3) is 4.98. The van der Waals surface area contributed by atoms with Crippen molar-refractivity contribution in [3.8, 4) is 28.6 Å². The Morgan fingerprint density at radius 1 is 1.05 bits per heavy atom. The Balaban J connectivity index is 1.70. The van der Waals surface area contributed by atoms with Crippen molar-refractivity contribution in [2.75, 3.05) is 24.9 Å². The second-order valence-corrected chi connectivity index (χ2v) is 9.31. The van der Waals surface area contributed by atoms with Gasteiger partial charge in [0.05, 0.1) is 19.9 Å². The van der Waals surface area contributed by atoms with Gasteiger partial charge in [0.15, 0.2) is 17.3 Å². The fourth-order valence-corrected chi connectivity index (χ4v) is 4.65. The number of aromatic nitrogens is 4. The summed E-state index contributed by atoms with van der Waals surface area (Å²) in [4.78, 5) is 22.1. The van der Waals surface area contributed by atoms with E-state index >= 15 is 0 Å². The van der Waals surface area contributed by atoms with E-state index in [4.69, 9.17) is 25.9 Å². The number of benzene rings is 2. The van der Waals surface area contributed by atoms with Crippen LogP contribution in [0.4, 0.5) is 17.5 Å². The van der Waals surface area contributed by atoms with Gasteiger partial charge in [0.2, 0.25) is 5.95 Å². The lowest BCUT2D eigenvalue weighted by atomic mass is 9.90. The summed E-state index contributed by atoms with van der Waals surface area (Å²) in [5, 5.41) is 21.1. The predicted molar refractivity (Wildman–Crippen MR) is 143 cm³/mol. The molecule has 12 heteroatoms. The highest BCUT2D eigenvalue weighted by atomic mass is 16.5. The number of carbonyl (C=O) groups excluding carboxylic acids is 1. The van der Waals surface area contributed by atoms with Crippen molar-refractivity contribution in [1.29, 1.82) is 0 Å². The van der Waals surface area contributed by atoms with Crippen molar-refractivity contribution < 1.29 is 19.4 Å². The molecular formula is C26H30N8O4. The van der Waals surface area contributed by atoms with Crippen LogP contribution >= 0.6 is 0 Å². The van der Waals surface area contributed by atoms with E-state index < -0.39 is 11.6 Å². The van der Waals surface area contributed by atoms with E-state index in [9.17, 15) is 9.90 Å². The first-order valence-corrected chi connectivity index (χ1v) is 12.3. The highest BCUT2D eigenvalue weighted by Gasteiger charge is 2.31. The van der Waals surface area contributed by atoms with E-state index in [0.29, 0.717) is 28.7 Å². The quantitative estimate of drug-likeness (QED) is 0.217. The number of hydrogen-bond donors (Lipinski definition) is 5. The number of methoxy groups -OCH3 is 2. The Morgan fingerprint density at radius 3 is 2.39 bits per heavy atom. The minimum Gasteiger partial charge on any atom is -0.508 e. The fourth-order valence-electron chi connectivity index (χ4n) is 4.65. The molecule has 1 aliphatic rings. The Hall–Kier alpha value is -4.58. The van der Waals surface area contributed by atoms with Gasteiger partial charge in [0.25, 0.3) is 5.91 Å². The molecule has 1 saturated carbocycles. The maximum Gasteiger partial charge on any atom is 0.256 e. The van der Waals surface area contributed by atoms with E-state index in [0.717, 1.165) is 32.1 Å². The predicted octanol–water partition coefficient (Wildman–Crippen LogP) is 3.39. The van der Waals surface area contributed by atoms with Gasteiger partial charge in [0, 0.05) is 29.4 Å². The molecule has 2 aromatic carbocycles. The molecule has 0 saturated heterocycles. The van der Waals surface area contributed by atoms with Crippen LogP contribution in [0.25, 0.3) is 17.0 Å². The minimum atomic E-state index is -0.749. The van der Waals surface area contributed by atoms with Crippen molar-refractivity contribution in [3.63, 3.8) is 0 Å². The number of nitrogens with zero attached hydrogens (tertiary/aromatic N) is 4. The summed E-state index contributed by atoms with van der Waals surface area (Å²) in [5.41, 5.74) is 13.2. The Morgan fingerprint density at radius 2 is 1.76 bits per heavy atom. The molecule has 7 N–H and O–H groups in total. The second kappa shape index (κ2) is 10.1. The third-order valence-corrected chi connectivity index (χ3v) is 6.56. The summed E-state index contributed by atoms with van der Waals surface area (Å²) in [6, 6.07) is 11.7. The number of nitrogens with one attached hydrogen (secondary N) is 2. The lowest BCUT2D eigenvalue weighted by Crippen LogP contribution is -2.49. The standard InChI is InChI=1S/C26H30N8O4/c1-37-18-12-16(13-19(14-18)38-2)29-23-20(21(27)36)24-30-22(15-7-6-8-17(35)11-15)33-34(24)25(31-23)32-26(28)9-4-3-5-10-26/h6-8,11-14,29,35H,3-5,9-10,28H2,1-2H3,(H2,27,36)(H,31,32). The van der Waals surface area contributed by atoms with Crippen molar-refractivity contribution in [2.24, 2.45) is 11.5 Å². The van der Waals surface area contributed by atoms with Crippen LogP contribution in [0.5, 0.6) is 17.2 Å². The molecule has 0 radical (unpaired) electrons. The molecule has 1 fully saturated rings. The summed E-state index contributed by atoms with van der Waals surface area (Å²) in [7, 11) is 3.09. The average molecular weight is 519 g/mol.